The molecule has 6 nitrogen and oxygen atoms in total. The maximum atomic E-state index is 9.84. The molecule has 0 aliphatic heterocycles. The lowest BCUT2D eigenvalue weighted by Crippen LogP contribution is -2.36. The second-order valence-corrected chi connectivity index (χ2v) is 1.77. The Morgan fingerprint density at radius 1 is 1.60 bits per heavy atom. The summed E-state index contributed by atoms with van der Waals surface area (Å²) in [6.07, 6.45) is 0. The molecule has 0 unspecified atom stereocenters. The fourth-order valence-corrected chi connectivity index (χ4v) is 0.406. The average Bonchev–Trinajstić information content (AvgIpc) is 1.81. The minimum Gasteiger partial charge on any atom is -0.431 e. The normalized spacial score (nSPS) is 8.30. The van der Waals surface area contributed by atoms with Crippen LogP contribution in [0.25, 0.3) is 0 Å². The first kappa shape index (κ1) is 8.67. The van der Waals surface area contributed by atoms with Crippen molar-refractivity contribution >= 4 is 6.02 Å². The smallest absolute Gasteiger partial charge is 0.431 e. The Bertz CT molecular complexity index is 161. The predicted octanol–water partition coefficient (Wildman–Crippen LogP) is -0.958. The van der Waals surface area contributed by atoms with Gasteiger partial charge < -0.3 is 4.74 Å². The average molecular weight is 148 g/mol. The zero-order valence-electron chi connectivity index (χ0n) is 6.12. The Morgan fingerprint density at radius 3 is 2.20 bits per heavy atom. The maximum Gasteiger partial charge on any atom is 0.508 e. The lowest BCUT2D eigenvalue weighted by atomic mass is 11.0. The minimum atomic E-state index is -0.682. The number of rotatable bonds is 1. The van der Waals surface area contributed by atoms with Gasteiger partial charge in [0.05, 0.1) is 26.6 Å². The molecule has 58 valence electrons. The van der Waals surface area contributed by atoms with Gasteiger partial charge in [0, 0.05) is 0 Å². The van der Waals surface area contributed by atoms with Gasteiger partial charge in [-0.2, -0.15) is 0 Å². The molecule has 0 aliphatic rings. The molecule has 0 rings (SSSR count). The fraction of sp³-hybridized carbons (Fsp3) is 0.750. The summed E-state index contributed by atoms with van der Waals surface area (Å²) < 4.78 is 6.07. The van der Waals surface area contributed by atoms with Crippen molar-refractivity contribution in [1.82, 2.24) is 5.43 Å². The second kappa shape index (κ2) is 3.65. The molecule has 10 heavy (non-hydrogen) atoms. The van der Waals surface area contributed by atoms with E-state index in [4.69, 9.17) is 0 Å². The highest BCUT2D eigenvalue weighted by molar-refractivity contribution is 5.66. The number of hydrogen-bond donors (Lipinski definition) is 1. The van der Waals surface area contributed by atoms with Crippen LogP contribution in [0.1, 0.15) is 0 Å². The molecular weight excluding hydrogens is 138 g/mol. The summed E-state index contributed by atoms with van der Waals surface area (Å²) in [5, 5.41) is 9.16. The van der Waals surface area contributed by atoms with E-state index < -0.39 is 5.03 Å². The molecule has 0 bridgehead atoms. The molecule has 6 heteroatoms. The van der Waals surface area contributed by atoms with Gasteiger partial charge in [-0.15, -0.1) is 0 Å². The van der Waals surface area contributed by atoms with Crippen molar-refractivity contribution in [1.29, 1.82) is 0 Å². The Hall–Kier alpha value is -1.33. The summed E-state index contributed by atoms with van der Waals surface area (Å²) in [6.45, 7) is 0. The van der Waals surface area contributed by atoms with Crippen molar-refractivity contribution < 1.29 is 14.3 Å². The number of hydrazine groups is 1. The molecule has 0 heterocycles. The monoisotopic (exact) mass is 148 g/mol. The van der Waals surface area contributed by atoms with E-state index in [0.29, 0.717) is 0 Å². The van der Waals surface area contributed by atoms with E-state index in [1.54, 1.807) is 14.1 Å². The van der Waals surface area contributed by atoms with Crippen LogP contribution < -0.4 is 5.43 Å². The fourth-order valence-electron chi connectivity index (χ4n) is 0.406. The summed E-state index contributed by atoms with van der Waals surface area (Å²) in [5.74, 6) is 0. The van der Waals surface area contributed by atoms with E-state index >= 15 is 0 Å². The number of nitro groups is 1. The van der Waals surface area contributed by atoms with Gasteiger partial charge in [0.15, 0.2) is 0 Å². The summed E-state index contributed by atoms with van der Waals surface area (Å²) in [4.78, 5) is 9.84. The van der Waals surface area contributed by atoms with E-state index in [9.17, 15) is 10.1 Å². The summed E-state index contributed by atoms with van der Waals surface area (Å²) in [6, 6.07) is 0.102. The van der Waals surface area contributed by atoms with Crippen molar-refractivity contribution in [2.45, 2.75) is 0 Å². The van der Waals surface area contributed by atoms with Gasteiger partial charge in [0.1, 0.15) is 0 Å². The van der Waals surface area contributed by atoms with E-state index in [-0.39, 0.29) is 6.02 Å². The van der Waals surface area contributed by atoms with E-state index in [1.165, 1.54) is 11.7 Å². The van der Waals surface area contributed by atoms with Crippen LogP contribution in [0.3, 0.4) is 0 Å². The molecule has 0 atom stereocenters. The Kier molecular flexibility index (Phi) is 3.16. The topological polar surface area (TPSA) is 67.4 Å². The highest BCUT2D eigenvalue weighted by Gasteiger charge is 2.14. The Balaban J connectivity index is 4.11. The zero-order chi connectivity index (χ0) is 8.15. The standard InChI is InChI=1S/C4H9N3O3/c1-6(2)4(10-3)5-7(8)9/h1-3H3/p+1. The number of hydrogen-bond acceptors (Lipinski definition) is 3. The van der Waals surface area contributed by atoms with Crippen molar-refractivity contribution in [3.63, 3.8) is 0 Å². The van der Waals surface area contributed by atoms with Gasteiger partial charge in [-0.1, -0.05) is 0 Å². The molecule has 0 aromatic heterocycles. The van der Waals surface area contributed by atoms with Crippen LogP contribution in [-0.2, 0) is 4.74 Å². The largest absolute Gasteiger partial charge is 0.508 e. The van der Waals surface area contributed by atoms with Gasteiger partial charge in [0.2, 0.25) is 5.03 Å². The Labute approximate surface area is 58.2 Å². The van der Waals surface area contributed by atoms with Crippen molar-refractivity contribution in [3.05, 3.63) is 10.1 Å². The van der Waals surface area contributed by atoms with E-state index in [2.05, 4.69) is 4.74 Å². The lowest BCUT2D eigenvalue weighted by molar-refractivity contribution is -0.554. The van der Waals surface area contributed by atoms with Crippen LogP contribution >= 0.6 is 0 Å². The molecule has 0 aromatic carbocycles. The molecule has 0 saturated carbocycles. The molecule has 0 fully saturated rings. The number of nitrogens with one attached hydrogen (secondary N) is 1. The Morgan fingerprint density at radius 2 is 2.10 bits per heavy atom. The number of methoxy groups -OCH3 is 1. The third kappa shape index (κ3) is 2.85. The molecule has 0 radical (unpaired) electrons. The third-order valence-corrected chi connectivity index (χ3v) is 0.786. The summed E-state index contributed by atoms with van der Waals surface area (Å²) in [7, 11) is 4.62. The van der Waals surface area contributed by atoms with Crippen molar-refractivity contribution in [3.8, 4) is 0 Å². The van der Waals surface area contributed by atoms with Gasteiger partial charge in [-0.25, -0.2) is 14.7 Å². The highest BCUT2D eigenvalue weighted by Crippen LogP contribution is 1.70. The zero-order valence-corrected chi connectivity index (χ0v) is 6.12. The molecule has 0 spiro atoms. The van der Waals surface area contributed by atoms with Crippen LogP contribution in [0.2, 0.25) is 0 Å². The van der Waals surface area contributed by atoms with Gasteiger partial charge in [-0.3, -0.25) is 0 Å². The van der Waals surface area contributed by atoms with Crippen LogP contribution in [-0.4, -0.2) is 36.8 Å². The first-order chi connectivity index (χ1) is 4.57. The quantitative estimate of drug-likeness (QED) is 0.171. The van der Waals surface area contributed by atoms with Gasteiger partial charge in [-0.05, 0) is 0 Å². The molecule has 0 amide bonds. The van der Waals surface area contributed by atoms with Crippen molar-refractivity contribution in [2.24, 2.45) is 0 Å². The van der Waals surface area contributed by atoms with Crippen LogP contribution in [0.5, 0.6) is 0 Å². The highest BCUT2D eigenvalue weighted by atomic mass is 16.7. The molecule has 0 aromatic rings. The van der Waals surface area contributed by atoms with Crippen LogP contribution in [0.15, 0.2) is 0 Å². The summed E-state index contributed by atoms with van der Waals surface area (Å²) in [5.41, 5.74) is 1.87. The molecular formula is C4H10N3O3+. The van der Waals surface area contributed by atoms with Gasteiger partial charge in [0.25, 0.3) is 0 Å². The SMILES string of the molecule is COC(N[N+](=O)[O-])=[N+](C)C. The third-order valence-electron chi connectivity index (χ3n) is 0.786. The van der Waals surface area contributed by atoms with Gasteiger partial charge >= 0.3 is 6.02 Å². The predicted molar refractivity (Wildman–Crippen MR) is 34.3 cm³/mol. The number of nitrogens with zero attached hydrogens (tertiary/aromatic N) is 2. The molecule has 1 N–H and O–H groups in total. The number of amidine groups is 1. The maximum absolute atomic E-state index is 9.84. The minimum absolute atomic E-state index is 0.102. The van der Waals surface area contributed by atoms with Crippen LogP contribution in [0, 0.1) is 10.1 Å². The first-order valence-electron chi connectivity index (χ1n) is 2.57. The number of ether oxygens (including phenoxy) is 1. The molecule has 0 aliphatic carbocycles. The molecule has 0 saturated heterocycles. The van der Waals surface area contributed by atoms with Crippen molar-refractivity contribution in [2.75, 3.05) is 21.2 Å². The van der Waals surface area contributed by atoms with E-state index in [0.717, 1.165) is 0 Å². The van der Waals surface area contributed by atoms with E-state index in [1.807, 2.05) is 5.43 Å². The summed E-state index contributed by atoms with van der Waals surface area (Å²) >= 11 is 0. The first-order valence-corrected chi connectivity index (χ1v) is 2.57. The van der Waals surface area contributed by atoms with Crippen LogP contribution in [0.4, 0.5) is 0 Å². The lowest BCUT2D eigenvalue weighted by Gasteiger charge is -1.95. The second-order valence-electron chi connectivity index (χ2n) is 1.77.